The molecule has 0 fully saturated rings. The summed E-state index contributed by atoms with van der Waals surface area (Å²) in [6, 6.07) is 16.1. The van der Waals surface area contributed by atoms with Gasteiger partial charge in [-0.1, -0.05) is 42.5 Å². The van der Waals surface area contributed by atoms with Crippen LogP contribution in [0.3, 0.4) is 0 Å². The van der Waals surface area contributed by atoms with E-state index in [0.717, 1.165) is 29.2 Å². The second kappa shape index (κ2) is 6.96. The highest BCUT2D eigenvalue weighted by atomic mass is 16.5. The summed E-state index contributed by atoms with van der Waals surface area (Å²) in [6.45, 7) is 2.79. The zero-order chi connectivity index (χ0) is 14.4. The highest BCUT2D eigenvalue weighted by Gasteiger charge is 2.14. The fraction of sp³-hybridized carbons (Fsp3) is 0.294. The minimum absolute atomic E-state index is 0.0249. The number of para-hydroxylation sites is 1. The molecule has 0 radical (unpaired) electrons. The Morgan fingerprint density at radius 1 is 1.05 bits per heavy atom. The lowest BCUT2D eigenvalue weighted by Crippen LogP contribution is -2.10. The molecule has 0 heterocycles. The summed E-state index contributed by atoms with van der Waals surface area (Å²) in [4.78, 5) is 0. The van der Waals surface area contributed by atoms with Crippen molar-refractivity contribution in [2.45, 2.75) is 19.6 Å². The van der Waals surface area contributed by atoms with Gasteiger partial charge in [0, 0.05) is 12.1 Å². The number of ether oxygens (including phenoxy) is 2. The van der Waals surface area contributed by atoms with Gasteiger partial charge in [0.05, 0.1) is 7.11 Å². The van der Waals surface area contributed by atoms with E-state index in [2.05, 4.69) is 17.4 Å². The Balaban J connectivity index is 2.27. The molecule has 0 bridgehead atoms. The molecule has 1 N–H and O–H groups in total. The van der Waals surface area contributed by atoms with Crippen LogP contribution in [0.2, 0.25) is 0 Å². The zero-order valence-corrected chi connectivity index (χ0v) is 12.2. The summed E-state index contributed by atoms with van der Waals surface area (Å²) in [6.07, 6.45) is -0.0249. The molecule has 0 aliphatic heterocycles. The van der Waals surface area contributed by atoms with E-state index >= 15 is 0 Å². The summed E-state index contributed by atoms with van der Waals surface area (Å²) in [5.74, 6) is 1.57. The van der Waals surface area contributed by atoms with Crippen molar-refractivity contribution in [2.24, 2.45) is 0 Å². The summed E-state index contributed by atoms with van der Waals surface area (Å²) < 4.78 is 11.6. The molecule has 0 aliphatic carbocycles. The van der Waals surface area contributed by atoms with Gasteiger partial charge in [0.15, 0.2) is 11.5 Å². The van der Waals surface area contributed by atoms with Gasteiger partial charge in [0.25, 0.3) is 0 Å². The molecule has 20 heavy (non-hydrogen) atoms. The first kappa shape index (κ1) is 14.4. The van der Waals surface area contributed by atoms with Crippen LogP contribution in [0.25, 0.3) is 0 Å². The number of hydrogen-bond donors (Lipinski definition) is 1. The molecular weight excluding hydrogens is 250 g/mol. The molecule has 3 heteroatoms. The van der Waals surface area contributed by atoms with E-state index in [1.54, 1.807) is 7.11 Å². The van der Waals surface area contributed by atoms with E-state index in [0.29, 0.717) is 0 Å². The van der Waals surface area contributed by atoms with Gasteiger partial charge >= 0.3 is 0 Å². The van der Waals surface area contributed by atoms with E-state index in [1.165, 1.54) is 0 Å². The van der Waals surface area contributed by atoms with Crippen LogP contribution < -0.4 is 14.8 Å². The smallest absolute Gasteiger partial charge is 0.166 e. The van der Waals surface area contributed by atoms with E-state index in [-0.39, 0.29) is 6.10 Å². The predicted molar refractivity (Wildman–Crippen MR) is 81.2 cm³/mol. The number of benzene rings is 2. The number of rotatable bonds is 6. The van der Waals surface area contributed by atoms with Crippen LogP contribution in [0.4, 0.5) is 0 Å². The molecule has 0 saturated carbocycles. The largest absolute Gasteiger partial charge is 0.493 e. The minimum atomic E-state index is -0.0249. The molecule has 0 aliphatic rings. The lowest BCUT2D eigenvalue weighted by molar-refractivity contribution is 0.213. The molecule has 0 aromatic heterocycles. The first-order valence-corrected chi connectivity index (χ1v) is 6.78. The monoisotopic (exact) mass is 271 g/mol. The third-order valence-corrected chi connectivity index (χ3v) is 3.21. The highest BCUT2D eigenvalue weighted by Crippen LogP contribution is 2.34. The van der Waals surface area contributed by atoms with Crippen LogP contribution in [0.15, 0.2) is 48.5 Å². The van der Waals surface area contributed by atoms with Gasteiger partial charge in [-0.05, 0) is 25.6 Å². The van der Waals surface area contributed by atoms with E-state index < -0.39 is 0 Å². The predicted octanol–water partition coefficient (Wildman–Crippen LogP) is 3.55. The first-order valence-electron chi connectivity index (χ1n) is 6.78. The van der Waals surface area contributed by atoms with Crippen molar-refractivity contribution < 1.29 is 9.47 Å². The Hall–Kier alpha value is -2.00. The molecule has 2 rings (SSSR count). The van der Waals surface area contributed by atoms with Crippen molar-refractivity contribution in [3.8, 4) is 11.5 Å². The third-order valence-electron chi connectivity index (χ3n) is 3.21. The van der Waals surface area contributed by atoms with Gasteiger partial charge in [0.2, 0.25) is 0 Å². The summed E-state index contributed by atoms with van der Waals surface area (Å²) >= 11 is 0. The quantitative estimate of drug-likeness (QED) is 0.871. The van der Waals surface area contributed by atoms with Crippen LogP contribution in [0.1, 0.15) is 24.2 Å². The maximum absolute atomic E-state index is 6.14. The molecule has 0 saturated heterocycles. The Morgan fingerprint density at radius 3 is 2.45 bits per heavy atom. The summed E-state index contributed by atoms with van der Waals surface area (Å²) in [5.41, 5.74) is 2.24. The van der Waals surface area contributed by atoms with Gasteiger partial charge in [-0.2, -0.15) is 0 Å². The first-order chi connectivity index (χ1) is 9.76. The lowest BCUT2D eigenvalue weighted by atomic mass is 10.1. The minimum Gasteiger partial charge on any atom is -0.493 e. The van der Waals surface area contributed by atoms with Gasteiger partial charge in [-0.15, -0.1) is 0 Å². The standard InChI is InChI=1S/C17H21NO2/c1-13(14-8-5-4-6-9-14)20-17-15(12-18-2)10-7-11-16(17)19-3/h4-11,13,18H,12H2,1-3H3. The highest BCUT2D eigenvalue weighted by molar-refractivity contribution is 5.47. The van der Waals surface area contributed by atoms with E-state index in [9.17, 15) is 0 Å². The maximum Gasteiger partial charge on any atom is 0.166 e. The third kappa shape index (κ3) is 3.31. The van der Waals surface area contributed by atoms with E-state index in [4.69, 9.17) is 9.47 Å². The molecule has 0 amide bonds. The fourth-order valence-electron chi connectivity index (χ4n) is 2.15. The summed E-state index contributed by atoms with van der Waals surface area (Å²) in [7, 11) is 3.59. The molecule has 106 valence electrons. The van der Waals surface area contributed by atoms with Gasteiger partial charge in [0.1, 0.15) is 6.10 Å². The van der Waals surface area contributed by atoms with Crippen LogP contribution in [0.5, 0.6) is 11.5 Å². The lowest BCUT2D eigenvalue weighted by Gasteiger charge is -2.20. The topological polar surface area (TPSA) is 30.5 Å². The molecule has 0 spiro atoms. The van der Waals surface area contributed by atoms with Gasteiger partial charge in [-0.3, -0.25) is 0 Å². The van der Waals surface area contributed by atoms with E-state index in [1.807, 2.05) is 50.4 Å². The number of methoxy groups -OCH3 is 1. The van der Waals surface area contributed by atoms with Crippen molar-refractivity contribution in [3.63, 3.8) is 0 Å². The Bertz CT molecular complexity index is 540. The molecule has 2 aromatic carbocycles. The summed E-state index contributed by atoms with van der Waals surface area (Å²) in [5, 5.41) is 3.15. The fourth-order valence-corrected chi connectivity index (χ4v) is 2.15. The van der Waals surface area contributed by atoms with Crippen molar-refractivity contribution in [1.29, 1.82) is 0 Å². The van der Waals surface area contributed by atoms with Crippen molar-refractivity contribution >= 4 is 0 Å². The Labute approximate surface area is 120 Å². The van der Waals surface area contributed by atoms with Crippen LogP contribution >= 0.6 is 0 Å². The van der Waals surface area contributed by atoms with Crippen LogP contribution in [-0.2, 0) is 6.54 Å². The van der Waals surface area contributed by atoms with Crippen molar-refractivity contribution in [3.05, 3.63) is 59.7 Å². The SMILES string of the molecule is CNCc1cccc(OC)c1OC(C)c1ccccc1. The van der Waals surface area contributed by atoms with Gasteiger partial charge in [-0.25, -0.2) is 0 Å². The zero-order valence-electron chi connectivity index (χ0n) is 12.2. The van der Waals surface area contributed by atoms with Crippen molar-refractivity contribution in [1.82, 2.24) is 5.32 Å². The van der Waals surface area contributed by atoms with Gasteiger partial charge < -0.3 is 14.8 Å². The second-order valence-corrected chi connectivity index (χ2v) is 4.65. The molecule has 2 aromatic rings. The number of nitrogens with one attached hydrogen (secondary N) is 1. The average Bonchev–Trinajstić information content (AvgIpc) is 2.50. The molecule has 3 nitrogen and oxygen atoms in total. The van der Waals surface area contributed by atoms with Crippen LogP contribution in [0, 0.1) is 0 Å². The molecular formula is C17H21NO2. The Kier molecular flexibility index (Phi) is 5.02. The average molecular weight is 271 g/mol. The second-order valence-electron chi connectivity index (χ2n) is 4.65. The van der Waals surface area contributed by atoms with Crippen molar-refractivity contribution in [2.75, 3.05) is 14.2 Å². The maximum atomic E-state index is 6.14. The normalized spacial score (nSPS) is 11.9. The number of hydrogen-bond acceptors (Lipinski definition) is 3. The Morgan fingerprint density at radius 2 is 1.80 bits per heavy atom. The molecule has 1 atom stereocenters. The van der Waals surface area contributed by atoms with Crippen LogP contribution in [-0.4, -0.2) is 14.2 Å². The molecule has 1 unspecified atom stereocenters.